The molecule has 0 unspecified atom stereocenters. The van der Waals surface area contributed by atoms with Gasteiger partial charge in [0, 0.05) is 23.5 Å². The number of benzene rings is 1. The minimum atomic E-state index is 0.0576. The van der Waals surface area contributed by atoms with Crippen LogP contribution in [0.3, 0.4) is 0 Å². The van der Waals surface area contributed by atoms with Crippen LogP contribution in [0.25, 0.3) is 0 Å². The van der Waals surface area contributed by atoms with Crippen molar-refractivity contribution >= 4 is 23.5 Å². The van der Waals surface area contributed by atoms with E-state index in [2.05, 4.69) is 0 Å². The van der Waals surface area contributed by atoms with Crippen LogP contribution in [0, 0.1) is 0 Å². The van der Waals surface area contributed by atoms with Crippen molar-refractivity contribution < 1.29 is 9.59 Å². The number of amides is 1. The molecular weight excluding hydrogens is 246 g/mol. The normalized spacial score (nSPS) is 10.5. The average molecular weight is 265 g/mol. The molecule has 0 fully saturated rings. The molecule has 0 radical (unpaired) electrons. The first-order chi connectivity index (χ1) is 8.41. The van der Waals surface area contributed by atoms with E-state index in [1.54, 1.807) is 24.0 Å². The zero-order valence-electron chi connectivity index (χ0n) is 11.3. The Bertz CT molecular complexity index is 426. The maximum Gasteiger partial charge on any atom is 0.232 e. The van der Waals surface area contributed by atoms with E-state index in [-0.39, 0.29) is 17.7 Å². The predicted molar refractivity (Wildman–Crippen MR) is 75.1 cm³/mol. The largest absolute Gasteiger partial charge is 0.343 e. The summed E-state index contributed by atoms with van der Waals surface area (Å²) in [7, 11) is 1.81. The Balaban J connectivity index is 2.54. The highest BCUT2D eigenvalue weighted by Crippen LogP contribution is 2.19. The van der Waals surface area contributed by atoms with Crippen LogP contribution in [0.1, 0.15) is 31.1 Å². The highest BCUT2D eigenvalue weighted by molar-refractivity contribution is 8.00. The summed E-state index contributed by atoms with van der Waals surface area (Å²) in [5.41, 5.74) is 0.699. The van der Waals surface area contributed by atoms with Crippen molar-refractivity contribution in [2.75, 3.05) is 12.8 Å². The van der Waals surface area contributed by atoms with Crippen molar-refractivity contribution in [2.24, 2.45) is 0 Å². The fourth-order valence-electron chi connectivity index (χ4n) is 1.32. The van der Waals surface area contributed by atoms with Crippen LogP contribution in [-0.4, -0.2) is 35.4 Å². The molecule has 1 aromatic rings. The molecule has 98 valence electrons. The van der Waals surface area contributed by atoms with Gasteiger partial charge in [0.1, 0.15) is 0 Å². The molecule has 1 amide bonds. The molecule has 0 aromatic heterocycles. The van der Waals surface area contributed by atoms with Crippen molar-refractivity contribution in [2.45, 2.75) is 31.7 Å². The summed E-state index contributed by atoms with van der Waals surface area (Å²) in [5, 5.41) is 0. The van der Waals surface area contributed by atoms with Crippen molar-refractivity contribution in [3.63, 3.8) is 0 Å². The van der Waals surface area contributed by atoms with Crippen molar-refractivity contribution in [3.05, 3.63) is 29.8 Å². The third-order valence-corrected chi connectivity index (χ3v) is 3.79. The Kier molecular flexibility index (Phi) is 5.41. The Morgan fingerprint density at radius 1 is 1.22 bits per heavy atom. The molecule has 18 heavy (non-hydrogen) atoms. The summed E-state index contributed by atoms with van der Waals surface area (Å²) < 4.78 is 0. The number of carbonyl (C=O) groups excluding carboxylic acids is 2. The molecule has 0 saturated carbocycles. The number of hydrogen-bond donors (Lipinski definition) is 0. The summed E-state index contributed by atoms with van der Waals surface area (Å²) in [6.45, 7) is 5.53. The van der Waals surface area contributed by atoms with Crippen molar-refractivity contribution in [3.8, 4) is 0 Å². The number of carbonyl (C=O) groups is 2. The third-order valence-electron chi connectivity index (χ3n) is 2.79. The molecule has 0 spiro atoms. The highest BCUT2D eigenvalue weighted by atomic mass is 32.2. The van der Waals surface area contributed by atoms with E-state index in [9.17, 15) is 9.59 Å². The highest BCUT2D eigenvalue weighted by Gasteiger charge is 2.11. The van der Waals surface area contributed by atoms with Crippen LogP contribution in [-0.2, 0) is 4.79 Å². The molecule has 0 atom stereocenters. The second-order valence-electron chi connectivity index (χ2n) is 4.47. The van der Waals surface area contributed by atoms with E-state index in [1.165, 1.54) is 11.8 Å². The quantitative estimate of drug-likeness (QED) is 0.607. The molecule has 3 nitrogen and oxygen atoms in total. The minimum absolute atomic E-state index is 0.0576. The zero-order chi connectivity index (χ0) is 13.7. The Labute approximate surface area is 113 Å². The monoisotopic (exact) mass is 265 g/mol. The summed E-state index contributed by atoms with van der Waals surface area (Å²) >= 11 is 1.49. The maximum absolute atomic E-state index is 11.8. The second kappa shape index (κ2) is 6.59. The maximum atomic E-state index is 11.8. The molecule has 0 aliphatic heterocycles. The fourth-order valence-corrected chi connectivity index (χ4v) is 2.14. The zero-order valence-corrected chi connectivity index (χ0v) is 12.1. The lowest BCUT2D eigenvalue weighted by molar-refractivity contribution is -0.128. The van der Waals surface area contributed by atoms with Gasteiger partial charge in [-0.25, -0.2) is 0 Å². The smallest absolute Gasteiger partial charge is 0.232 e. The Morgan fingerprint density at radius 2 is 1.78 bits per heavy atom. The first-order valence-corrected chi connectivity index (χ1v) is 6.90. The first-order valence-electron chi connectivity index (χ1n) is 5.91. The van der Waals surface area contributed by atoms with Crippen LogP contribution >= 0.6 is 11.8 Å². The van der Waals surface area contributed by atoms with Gasteiger partial charge in [0.25, 0.3) is 0 Å². The van der Waals surface area contributed by atoms with Gasteiger partial charge in [0.15, 0.2) is 5.78 Å². The van der Waals surface area contributed by atoms with Crippen LogP contribution in [0.4, 0.5) is 0 Å². The van der Waals surface area contributed by atoms with E-state index in [0.29, 0.717) is 11.3 Å². The SMILES string of the molecule is CC(=O)c1ccc(SCC(=O)N(C)C(C)C)cc1. The fraction of sp³-hybridized carbons (Fsp3) is 0.429. The van der Waals surface area contributed by atoms with Gasteiger partial charge in [-0.2, -0.15) is 0 Å². The lowest BCUT2D eigenvalue weighted by Crippen LogP contribution is -2.34. The topological polar surface area (TPSA) is 37.4 Å². The standard InChI is InChI=1S/C14H19NO2S/c1-10(2)15(4)14(17)9-18-13-7-5-12(6-8-13)11(3)16/h5-8,10H,9H2,1-4H3. The van der Waals surface area contributed by atoms with E-state index < -0.39 is 0 Å². The summed E-state index contributed by atoms with van der Waals surface area (Å²) in [5.74, 6) is 0.599. The molecular formula is C14H19NO2S. The van der Waals surface area contributed by atoms with Gasteiger partial charge in [-0.3, -0.25) is 9.59 Å². The van der Waals surface area contributed by atoms with Crippen LogP contribution < -0.4 is 0 Å². The van der Waals surface area contributed by atoms with Gasteiger partial charge in [-0.1, -0.05) is 12.1 Å². The van der Waals surface area contributed by atoms with E-state index >= 15 is 0 Å². The Hall–Kier alpha value is -1.29. The van der Waals surface area contributed by atoms with E-state index in [1.807, 2.05) is 33.0 Å². The van der Waals surface area contributed by atoms with Gasteiger partial charge >= 0.3 is 0 Å². The number of nitrogens with zero attached hydrogens (tertiary/aromatic N) is 1. The summed E-state index contributed by atoms with van der Waals surface area (Å²) in [6.07, 6.45) is 0. The van der Waals surface area contributed by atoms with E-state index in [4.69, 9.17) is 0 Å². The summed E-state index contributed by atoms with van der Waals surface area (Å²) in [6, 6.07) is 7.56. The number of Topliss-reactive ketones (excluding diaryl/α,β-unsaturated/α-hetero) is 1. The number of hydrogen-bond acceptors (Lipinski definition) is 3. The van der Waals surface area contributed by atoms with Gasteiger partial charge in [0.05, 0.1) is 5.75 Å². The number of rotatable bonds is 5. The third kappa shape index (κ3) is 4.18. The molecule has 0 saturated heterocycles. The Morgan fingerprint density at radius 3 is 2.22 bits per heavy atom. The van der Waals surface area contributed by atoms with Crippen LogP contribution in [0.2, 0.25) is 0 Å². The lowest BCUT2D eigenvalue weighted by Gasteiger charge is -2.21. The number of thioether (sulfide) groups is 1. The molecule has 1 rings (SSSR count). The van der Waals surface area contributed by atoms with Crippen LogP contribution in [0.15, 0.2) is 29.2 Å². The van der Waals surface area contributed by atoms with Gasteiger partial charge in [0.2, 0.25) is 5.91 Å². The summed E-state index contributed by atoms with van der Waals surface area (Å²) in [4.78, 5) is 25.6. The lowest BCUT2D eigenvalue weighted by atomic mass is 10.2. The minimum Gasteiger partial charge on any atom is -0.343 e. The molecule has 0 bridgehead atoms. The van der Waals surface area contributed by atoms with Crippen molar-refractivity contribution in [1.29, 1.82) is 0 Å². The van der Waals surface area contributed by atoms with Gasteiger partial charge < -0.3 is 4.90 Å². The number of ketones is 1. The molecule has 4 heteroatoms. The molecule has 0 N–H and O–H groups in total. The van der Waals surface area contributed by atoms with Crippen LogP contribution in [0.5, 0.6) is 0 Å². The molecule has 0 aliphatic carbocycles. The van der Waals surface area contributed by atoms with Gasteiger partial charge in [-0.15, -0.1) is 11.8 Å². The van der Waals surface area contributed by atoms with Gasteiger partial charge in [-0.05, 0) is 32.9 Å². The first kappa shape index (κ1) is 14.8. The predicted octanol–water partition coefficient (Wildman–Crippen LogP) is 2.85. The van der Waals surface area contributed by atoms with Crippen molar-refractivity contribution in [1.82, 2.24) is 4.90 Å². The second-order valence-corrected chi connectivity index (χ2v) is 5.52. The molecule has 1 aromatic carbocycles. The molecule has 0 aliphatic rings. The van der Waals surface area contributed by atoms with E-state index in [0.717, 1.165) is 4.90 Å². The molecule has 0 heterocycles. The average Bonchev–Trinajstić information content (AvgIpc) is 2.35.